The van der Waals surface area contributed by atoms with Gasteiger partial charge in [-0.05, 0) is 36.4 Å². The maximum absolute atomic E-state index is 12.7. The minimum atomic E-state index is -4.42. The van der Waals surface area contributed by atoms with Gasteiger partial charge in [0.1, 0.15) is 4.21 Å². The first-order valence-electron chi connectivity index (χ1n) is 8.80. The highest BCUT2D eigenvalue weighted by Gasteiger charge is 2.34. The van der Waals surface area contributed by atoms with Crippen molar-refractivity contribution in [3.63, 3.8) is 0 Å². The molecule has 2 aromatic heterocycles. The van der Waals surface area contributed by atoms with Crippen molar-refractivity contribution in [1.29, 1.82) is 0 Å². The Morgan fingerprint density at radius 2 is 1.93 bits per heavy atom. The second kappa shape index (κ2) is 7.54. The van der Waals surface area contributed by atoms with Gasteiger partial charge >= 0.3 is 6.18 Å². The van der Waals surface area contributed by atoms with Crippen LogP contribution in [0, 0.1) is 0 Å². The summed E-state index contributed by atoms with van der Waals surface area (Å²) in [5, 5.41) is 5.57. The Balaban J connectivity index is 1.52. The molecule has 3 heterocycles. The lowest BCUT2D eigenvalue weighted by molar-refractivity contribution is -0.137. The van der Waals surface area contributed by atoms with Crippen molar-refractivity contribution in [3.05, 3.63) is 53.2 Å². The maximum Gasteiger partial charge on any atom is 0.416 e. The average molecular weight is 443 g/mol. The van der Waals surface area contributed by atoms with Crippen LogP contribution in [0.1, 0.15) is 30.2 Å². The van der Waals surface area contributed by atoms with Crippen LogP contribution in [0.2, 0.25) is 0 Å². The van der Waals surface area contributed by atoms with Crippen LogP contribution in [0.5, 0.6) is 0 Å². The molecule has 1 aromatic carbocycles. The average Bonchev–Trinajstić information content (AvgIpc) is 3.40. The summed E-state index contributed by atoms with van der Waals surface area (Å²) in [5.41, 5.74) is -0.362. The number of hydrogen-bond acceptors (Lipinski definition) is 6. The molecule has 154 valence electrons. The molecule has 0 aliphatic carbocycles. The molecule has 29 heavy (non-hydrogen) atoms. The Labute approximate surface area is 169 Å². The number of alkyl halides is 3. The van der Waals surface area contributed by atoms with Gasteiger partial charge in [-0.1, -0.05) is 23.4 Å². The van der Waals surface area contributed by atoms with E-state index in [1.54, 1.807) is 17.5 Å². The van der Waals surface area contributed by atoms with Crippen LogP contribution in [0.25, 0.3) is 11.4 Å². The van der Waals surface area contributed by atoms with Crippen molar-refractivity contribution in [2.45, 2.75) is 29.1 Å². The molecular formula is C18H16F3N3O3S2. The number of sulfonamides is 1. The predicted octanol–water partition coefficient (Wildman–Crippen LogP) is 4.39. The largest absolute Gasteiger partial charge is 0.416 e. The molecule has 0 saturated carbocycles. The van der Waals surface area contributed by atoms with Gasteiger partial charge < -0.3 is 4.52 Å². The summed E-state index contributed by atoms with van der Waals surface area (Å²) in [6.45, 7) is 0.630. The van der Waals surface area contributed by atoms with Crippen molar-refractivity contribution in [2.24, 2.45) is 0 Å². The van der Waals surface area contributed by atoms with E-state index in [1.165, 1.54) is 16.4 Å². The van der Waals surface area contributed by atoms with E-state index in [1.807, 2.05) is 0 Å². The van der Waals surface area contributed by atoms with E-state index in [-0.39, 0.29) is 28.4 Å². The SMILES string of the molecule is O=S(=O)(c1cccs1)N1CCC[C@H](c2nc(-c3ccc(C(F)(F)F)cc3)no2)C1. The number of halogens is 3. The van der Waals surface area contributed by atoms with Crippen molar-refractivity contribution in [1.82, 2.24) is 14.4 Å². The number of aromatic nitrogens is 2. The standard InChI is InChI=1S/C18H16F3N3O3S2/c19-18(20,21)14-7-5-12(6-8-14)16-22-17(27-23-16)13-3-1-9-24(11-13)29(25,26)15-4-2-10-28-15/h2,4-8,10,13H,1,3,9,11H2/t13-/m0/s1. The van der Waals surface area contributed by atoms with Crippen LogP contribution in [0.3, 0.4) is 0 Å². The lowest BCUT2D eigenvalue weighted by Gasteiger charge is -2.29. The quantitative estimate of drug-likeness (QED) is 0.598. The normalized spacial score (nSPS) is 18.8. The fourth-order valence-corrected chi connectivity index (χ4v) is 5.89. The van der Waals surface area contributed by atoms with Gasteiger partial charge in [-0.3, -0.25) is 0 Å². The van der Waals surface area contributed by atoms with Gasteiger partial charge in [0.25, 0.3) is 10.0 Å². The number of hydrogen-bond donors (Lipinski definition) is 0. The van der Waals surface area contributed by atoms with E-state index >= 15 is 0 Å². The molecule has 6 nitrogen and oxygen atoms in total. The van der Waals surface area contributed by atoms with E-state index in [9.17, 15) is 21.6 Å². The molecule has 1 aliphatic rings. The molecule has 0 unspecified atom stereocenters. The van der Waals surface area contributed by atoms with Gasteiger partial charge in [0, 0.05) is 18.7 Å². The zero-order chi connectivity index (χ0) is 20.6. The monoisotopic (exact) mass is 443 g/mol. The van der Waals surface area contributed by atoms with E-state index < -0.39 is 21.8 Å². The smallest absolute Gasteiger partial charge is 0.339 e. The van der Waals surface area contributed by atoms with E-state index in [0.29, 0.717) is 24.9 Å². The maximum atomic E-state index is 12.7. The van der Waals surface area contributed by atoms with Crippen LogP contribution < -0.4 is 0 Å². The zero-order valence-electron chi connectivity index (χ0n) is 15.0. The molecule has 1 fully saturated rings. The van der Waals surface area contributed by atoms with Gasteiger partial charge in [-0.25, -0.2) is 8.42 Å². The van der Waals surface area contributed by atoms with Gasteiger partial charge in [-0.2, -0.15) is 22.5 Å². The summed E-state index contributed by atoms with van der Waals surface area (Å²) >= 11 is 1.16. The van der Waals surface area contributed by atoms with Crippen LogP contribution in [0.4, 0.5) is 13.2 Å². The fourth-order valence-electron chi connectivity index (χ4n) is 3.23. The van der Waals surface area contributed by atoms with Gasteiger partial charge in [0.05, 0.1) is 11.5 Å². The molecule has 0 bridgehead atoms. The Bertz CT molecular complexity index is 1080. The van der Waals surface area contributed by atoms with E-state index in [0.717, 1.165) is 23.5 Å². The van der Waals surface area contributed by atoms with Crippen molar-refractivity contribution >= 4 is 21.4 Å². The molecule has 3 aromatic rings. The summed E-state index contributed by atoms with van der Waals surface area (Å²) in [4.78, 5) is 4.30. The number of benzene rings is 1. The fraction of sp³-hybridized carbons (Fsp3) is 0.333. The predicted molar refractivity (Wildman–Crippen MR) is 99.8 cm³/mol. The first kappa shape index (κ1) is 20.0. The van der Waals surface area contributed by atoms with E-state index in [4.69, 9.17) is 4.52 Å². The molecule has 0 N–H and O–H groups in total. The zero-order valence-corrected chi connectivity index (χ0v) is 16.6. The van der Waals surface area contributed by atoms with E-state index in [2.05, 4.69) is 10.1 Å². The highest BCUT2D eigenvalue weighted by molar-refractivity contribution is 7.91. The van der Waals surface area contributed by atoms with Gasteiger partial charge in [0.15, 0.2) is 0 Å². The number of rotatable bonds is 4. The summed E-state index contributed by atoms with van der Waals surface area (Å²) in [7, 11) is -3.57. The molecule has 1 saturated heterocycles. The highest BCUT2D eigenvalue weighted by atomic mass is 32.2. The number of piperidine rings is 1. The third kappa shape index (κ3) is 4.07. The summed E-state index contributed by atoms with van der Waals surface area (Å²) in [6, 6.07) is 7.74. The van der Waals surface area contributed by atoms with Crippen LogP contribution >= 0.6 is 11.3 Å². The lowest BCUT2D eigenvalue weighted by atomic mass is 10.00. The van der Waals surface area contributed by atoms with Crippen LogP contribution in [-0.2, 0) is 16.2 Å². The molecule has 1 aliphatic heterocycles. The second-order valence-electron chi connectivity index (χ2n) is 6.67. The molecule has 0 spiro atoms. The first-order valence-corrected chi connectivity index (χ1v) is 11.1. The van der Waals surface area contributed by atoms with Crippen molar-refractivity contribution in [3.8, 4) is 11.4 Å². The molecule has 4 rings (SSSR count). The Kier molecular flexibility index (Phi) is 5.21. The molecular weight excluding hydrogens is 427 g/mol. The second-order valence-corrected chi connectivity index (χ2v) is 9.78. The molecule has 0 radical (unpaired) electrons. The van der Waals surface area contributed by atoms with Crippen LogP contribution in [0.15, 0.2) is 50.5 Å². The Morgan fingerprint density at radius 3 is 2.59 bits per heavy atom. The van der Waals surface area contributed by atoms with Gasteiger partial charge in [0.2, 0.25) is 11.7 Å². The van der Waals surface area contributed by atoms with Crippen molar-refractivity contribution in [2.75, 3.05) is 13.1 Å². The number of thiophene rings is 1. The lowest BCUT2D eigenvalue weighted by Crippen LogP contribution is -2.38. The highest BCUT2D eigenvalue weighted by Crippen LogP contribution is 2.33. The molecule has 0 amide bonds. The molecule has 1 atom stereocenters. The van der Waals surface area contributed by atoms with Crippen LogP contribution in [-0.4, -0.2) is 36.0 Å². The summed E-state index contributed by atoms with van der Waals surface area (Å²) in [6.07, 6.45) is -3.08. The minimum absolute atomic E-state index is 0.173. The van der Waals surface area contributed by atoms with Gasteiger partial charge in [-0.15, -0.1) is 11.3 Å². The minimum Gasteiger partial charge on any atom is -0.339 e. The summed E-state index contributed by atoms with van der Waals surface area (Å²) in [5.74, 6) is 0.187. The third-order valence-electron chi connectivity index (χ3n) is 4.73. The Morgan fingerprint density at radius 1 is 1.17 bits per heavy atom. The first-order chi connectivity index (χ1) is 13.7. The van der Waals surface area contributed by atoms with Crippen molar-refractivity contribution < 1.29 is 26.1 Å². The summed E-state index contributed by atoms with van der Waals surface area (Å²) < 4.78 is 70.6. The number of nitrogens with zero attached hydrogens (tertiary/aromatic N) is 3. The molecule has 11 heteroatoms. The third-order valence-corrected chi connectivity index (χ3v) is 7.97. The topological polar surface area (TPSA) is 76.3 Å². The Hall–Kier alpha value is -2.24.